The number of aromatic hydroxyl groups is 2. The van der Waals surface area contributed by atoms with Crippen LogP contribution in [0.4, 0.5) is 0 Å². The molecule has 1 aromatic carbocycles. The van der Waals surface area contributed by atoms with E-state index in [0.717, 1.165) is 10.9 Å². The monoisotopic (exact) mass is 190 g/mol. The standard InChI is InChI=1S/C11H11NO2/c1-7-4-3-5-8-9(7)6-12(2)11(14)10(8)13/h3-6,13H,1-2H3/p+1. The Bertz CT molecular complexity index is 506. The molecule has 72 valence electrons. The summed E-state index contributed by atoms with van der Waals surface area (Å²) in [5, 5.41) is 20.8. The van der Waals surface area contributed by atoms with Gasteiger partial charge in [0.2, 0.25) is 5.75 Å². The van der Waals surface area contributed by atoms with E-state index < -0.39 is 0 Å². The van der Waals surface area contributed by atoms with Crippen LogP contribution in [0.2, 0.25) is 0 Å². The summed E-state index contributed by atoms with van der Waals surface area (Å²) in [7, 11) is 1.70. The predicted octanol–water partition coefficient (Wildman–Crippen LogP) is 1.38. The number of pyridine rings is 1. The second kappa shape index (κ2) is 2.87. The van der Waals surface area contributed by atoms with E-state index in [0.29, 0.717) is 5.39 Å². The number of nitrogens with zero attached hydrogens (tertiary/aromatic N) is 1. The Balaban J connectivity index is 2.98. The maximum atomic E-state index is 9.69. The molecule has 0 atom stereocenters. The molecule has 0 radical (unpaired) electrons. The molecule has 0 saturated carbocycles. The number of benzene rings is 1. The van der Waals surface area contributed by atoms with E-state index in [-0.39, 0.29) is 11.6 Å². The molecule has 3 nitrogen and oxygen atoms in total. The lowest BCUT2D eigenvalue weighted by atomic mass is 10.1. The van der Waals surface area contributed by atoms with Gasteiger partial charge in [0.25, 0.3) is 0 Å². The molecule has 0 aliphatic heterocycles. The van der Waals surface area contributed by atoms with Gasteiger partial charge < -0.3 is 10.2 Å². The van der Waals surface area contributed by atoms with Crippen molar-refractivity contribution in [3.8, 4) is 11.6 Å². The molecule has 1 heterocycles. The largest absolute Gasteiger partial charge is 0.499 e. The van der Waals surface area contributed by atoms with Gasteiger partial charge in [0, 0.05) is 5.39 Å². The molecular formula is C11H12NO2+. The summed E-state index contributed by atoms with van der Waals surface area (Å²) in [6, 6.07) is 5.62. The normalized spacial score (nSPS) is 10.7. The second-order valence-corrected chi connectivity index (χ2v) is 3.45. The number of rotatable bonds is 0. The van der Waals surface area contributed by atoms with Crippen LogP contribution in [0.25, 0.3) is 10.8 Å². The van der Waals surface area contributed by atoms with Crippen LogP contribution in [0.5, 0.6) is 11.6 Å². The second-order valence-electron chi connectivity index (χ2n) is 3.45. The van der Waals surface area contributed by atoms with Crippen LogP contribution in [-0.2, 0) is 7.05 Å². The number of hydrogen-bond acceptors (Lipinski definition) is 2. The van der Waals surface area contributed by atoms with Crippen molar-refractivity contribution >= 4 is 10.8 Å². The van der Waals surface area contributed by atoms with E-state index >= 15 is 0 Å². The van der Waals surface area contributed by atoms with Gasteiger partial charge in [-0.2, -0.15) is 4.57 Å². The highest BCUT2D eigenvalue weighted by molar-refractivity contribution is 5.90. The Morgan fingerprint density at radius 3 is 2.57 bits per heavy atom. The van der Waals surface area contributed by atoms with Crippen LogP contribution < -0.4 is 4.57 Å². The summed E-state index contributed by atoms with van der Waals surface area (Å²) in [5.74, 6) is -0.170. The van der Waals surface area contributed by atoms with Gasteiger partial charge in [0.05, 0.1) is 5.39 Å². The zero-order valence-corrected chi connectivity index (χ0v) is 8.15. The Labute approximate surface area is 81.9 Å². The van der Waals surface area contributed by atoms with Gasteiger partial charge in [-0.15, -0.1) is 0 Å². The van der Waals surface area contributed by atoms with Crippen LogP contribution in [0.3, 0.4) is 0 Å². The highest BCUT2D eigenvalue weighted by Crippen LogP contribution is 2.30. The van der Waals surface area contributed by atoms with E-state index in [2.05, 4.69) is 0 Å². The third kappa shape index (κ3) is 1.09. The number of aromatic nitrogens is 1. The van der Waals surface area contributed by atoms with E-state index in [9.17, 15) is 10.2 Å². The maximum Gasteiger partial charge on any atom is 0.409 e. The van der Waals surface area contributed by atoms with Crippen molar-refractivity contribution in [2.24, 2.45) is 7.05 Å². The van der Waals surface area contributed by atoms with E-state index in [1.54, 1.807) is 19.3 Å². The highest BCUT2D eigenvalue weighted by Gasteiger charge is 2.16. The first kappa shape index (κ1) is 8.81. The van der Waals surface area contributed by atoms with Crippen molar-refractivity contribution < 1.29 is 14.8 Å². The fourth-order valence-electron chi connectivity index (χ4n) is 1.60. The lowest BCUT2D eigenvalue weighted by molar-refractivity contribution is -0.676. The Kier molecular flexibility index (Phi) is 1.81. The molecule has 1 aromatic heterocycles. The average molecular weight is 190 g/mol. The molecule has 0 amide bonds. The first-order valence-electron chi connectivity index (χ1n) is 4.41. The van der Waals surface area contributed by atoms with Gasteiger partial charge in [0.15, 0.2) is 6.20 Å². The number of fused-ring (bicyclic) bond motifs is 1. The van der Waals surface area contributed by atoms with Gasteiger partial charge in [-0.3, -0.25) is 0 Å². The summed E-state index contributed by atoms with van der Waals surface area (Å²) in [6.45, 7) is 1.97. The third-order valence-electron chi connectivity index (χ3n) is 2.45. The molecule has 0 fully saturated rings. The molecule has 14 heavy (non-hydrogen) atoms. The minimum absolute atomic E-state index is 0.0614. The summed E-state index contributed by atoms with van der Waals surface area (Å²) in [4.78, 5) is 0. The number of hydrogen-bond donors (Lipinski definition) is 2. The Morgan fingerprint density at radius 2 is 1.86 bits per heavy atom. The topological polar surface area (TPSA) is 44.3 Å². The van der Waals surface area contributed by atoms with Crippen LogP contribution >= 0.6 is 0 Å². The molecule has 0 bridgehead atoms. The van der Waals surface area contributed by atoms with Crippen LogP contribution in [0.1, 0.15) is 5.56 Å². The van der Waals surface area contributed by atoms with Gasteiger partial charge in [-0.1, -0.05) is 18.2 Å². The molecule has 2 rings (SSSR count). The first-order chi connectivity index (χ1) is 6.61. The lowest BCUT2D eigenvalue weighted by Gasteiger charge is -2.03. The minimum Gasteiger partial charge on any atom is -0.499 e. The first-order valence-corrected chi connectivity index (χ1v) is 4.41. The molecule has 0 spiro atoms. The fourth-order valence-corrected chi connectivity index (χ4v) is 1.60. The van der Waals surface area contributed by atoms with E-state index in [1.807, 2.05) is 19.1 Å². The lowest BCUT2D eigenvalue weighted by Crippen LogP contribution is -2.27. The number of aryl methyl sites for hydroxylation is 2. The summed E-state index contributed by atoms with van der Waals surface area (Å²) >= 11 is 0. The van der Waals surface area contributed by atoms with Crippen molar-refractivity contribution in [1.82, 2.24) is 0 Å². The maximum absolute atomic E-state index is 9.69. The smallest absolute Gasteiger partial charge is 0.409 e. The van der Waals surface area contributed by atoms with Crippen molar-refractivity contribution in [3.05, 3.63) is 30.0 Å². The average Bonchev–Trinajstić information content (AvgIpc) is 2.17. The molecule has 0 aliphatic rings. The zero-order chi connectivity index (χ0) is 10.3. The van der Waals surface area contributed by atoms with Gasteiger partial charge >= 0.3 is 5.88 Å². The SMILES string of the molecule is Cc1cccc2c(O)c(O)[n+](C)cc12. The molecule has 0 unspecified atom stereocenters. The van der Waals surface area contributed by atoms with Crippen LogP contribution in [0, 0.1) is 6.92 Å². The quantitative estimate of drug-likeness (QED) is 0.616. The highest BCUT2D eigenvalue weighted by atomic mass is 16.3. The van der Waals surface area contributed by atoms with Crippen molar-refractivity contribution in [2.75, 3.05) is 0 Å². The summed E-state index contributed by atoms with van der Waals surface area (Å²) < 4.78 is 1.50. The van der Waals surface area contributed by atoms with Gasteiger partial charge in [-0.25, -0.2) is 0 Å². The van der Waals surface area contributed by atoms with Crippen LogP contribution in [0.15, 0.2) is 24.4 Å². The molecule has 3 heteroatoms. The third-order valence-corrected chi connectivity index (χ3v) is 2.45. The van der Waals surface area contributed by atoms with Crippen LogP contribution in [-0.4, -0.2) is 10.2 Å². The van der Waals surface area contributed by atoms with Crippen molar-refractivity contribution in [2.45, 2.75) is 6.92 Å². The molecule has 2 N–H and O–H groups in total. The van der Waals surface area contributed by atoms with Crippen molar-refractivity contribution in [1.29, 1.82) is 0 Å². The zero-order valence-electron chi connectivity index (χ0n) is 8.15. The molecule has 2 aromatic rings. The summed E-state index contributed by atoms with van der Waals surface area (Å²) in [6.07, 6.45) is 1.81. The predicted molar refractivity (Wildman–Crippen MR) is 53.2 cm³/mol. The van der Waals surface area contributed by atoms with E-state index in [1.165, 1.54) is 4.57 Å². The summed E-state index contributed by atoms with van der Waals surface area (Å²) in [5.41, 5.74) is 1.08. The molecular weight excluding hydrogens is 178 g/mol. The van der Waals surface area contributed by atoms with Gasteiger partial charge in [0.1, 0.15) is 7.05 Å². The van der Waals surface area contributed by atoms with Crippen molar-refractivity contribution in [3.63, 3.8) is 0 Å². The van der Waals surface area contributed by atoms with Gasteiger partial charge in [-0.05, 0) is 12.5 Å². The fraction of sp³-hybridized carbons (Fsp3) is 0.182. The minimum atomic E-state index is -0.108. The van der Waals surface area contributed by atoms with E-state index in [4.69, 9.17) is 0 Å². The Morgan fingerprint density at radius 1 is 1.14 bits per heavy atom. The molecule has 0 saturated heterocycles. The molecule has 0 aliphatic carbocycles. The Hall–Kier alpha value is -1.77.